The van der Waals surface area contributed by atoms with Crippen molar-refractivity contribution in [3.05, 3.63) is 114 Å². The molecule has 0 aromatic heterocycles. The van der Waals surface area contributed by atoms with Gasteiger partial charge in [0.1, 0.15) is 10.3 Å². The molecular weight excluding hydrogens is 338 g/mol. The van der Waals surface area contributed by atoms with E-state index < -0.39 is 16.6 Å². The number of benzene rings is 3. The van der Waals surface area contributed by atoms with Crippen molar-refractivity contribution in [3.8, 4) is 6.07 Å². The van der Waals surface area contributed by atoms with E-state index >= 15 is 0 Å². The lowest BCUT2D eigenvalue weighted by atomic mass is 9.73. The van der Waals surface area contributed by atoms with Crippen molar-refractivity contribution < 1.29 is 4.55 Å². The quantitative estimate of drug-likeness (QED) is 0.569. The van der Waals surface area contributed by atoms with Crippen LogP contribution in [0.3, 0.4) is 0 Å². The van der Waals surface area contributed by atoms with Crippen molar-refractivity contribution in [1.29, 1.82) is 5.26 Å². The first-order valence-electron chi connectivity index (χ1n) is 8.34. The molecule has 0 saturated carbocycles. The highest BCUT2D eigenvalue weighted by Gasteiger charge is 2.38. The Kier molecular flexibility index (Phi) is 5.58. The predicted molar refractivity (Wildman–Crippen MR) is 106 cm³/mol. The number of allylic oxidation sites excluding steroid dienone is 1. The number of nitrogens with zero attached hydrogens (tertiary/aromatic N) is 1. The van der Waals surface area contributed by atoms with Gasteiger partial charge in [0.05, 0.1) is 6.07 Å². The maximum atomic E-state index is 12.9. The van der Waals surface area contributed by atoms with Crippen LogP contribution in [0.5, 0.6) is 0 Å². The zero-order chi connectivity index (χ0) is 18.4. The molecule has 3 aromatic rings. The van der Waals surface area contributed by atoms with Crippen molar-refractivity contribution in [1.82, 2.24) is 0 Å². The molecule has 0 bridgehead atoms. The van der Waals surface area contributed by atoms with Crippen molar-refractivity contribution in [3.63, 3.8) is 0 Å². The SMILES string of the molecule is C=C(CC(C#N)(c1ccccc1)c1ccccc1)[S+]([O-])c1ccccc1. The topological polar surface area (TPSA) is 46.8 Å². The average molecular weight is 357 g/mol. The van der Waals surface area contributed by atoms with E-state index in [0.29, 0.717) is 16.2 Å². The largest absolute Gasteiger partial charge is 0.607 e. The second kappa shape index (κ2) is 8.05. The Morgan fingerprint density at radius 3 is 1.69 bits per heavy atom. The number of hydrogen-bond acceptors (Lipinski definition) is 2. The highest BCUT2D eigenvalue weighted by molar-refractivity contribution is 7.95. The van der Waals surface area contributed by atoms with Gasteiger partial charge in [-0.25, -0.2) is 0 Å². The van der Waals surface area contributed by atoms with Gasteiger partial charge >= 0.3 is 0 Å². The van der Waals surface area contributed by atoms with E-state index in [4.69, 9.17) is 0 Å². The molecule has 1 atom stereocenters. The van der Waals surface area contributed by atoms with Crippen LogP contribution in [-0.2, 0) is 16.6 Å². The third-order valence-corrected chi connectivity index (χ3v) is 5.77. The summed E-state index contributed by atoms with van der Waals surface area (Å²) < 4.78 is 12.9. The van der Waals surface area contributed by atoms with Gasteiger partial charge in [-0.3, -0.25) is 0 Å². The summed E-state index contributed by atoms with van der Waals surface area (Å²) in [4.78, 5) is 1.23. The molecule has 2 nitrogen and oxygen atoms in total. The number of nitriles is 1. The zero-order valence-corrected chi connectivity index (χ0v) is 15.2. The minimum Gasteiger partial charge on any atom is -0.607 e. The molecule has 0 radical (unpaired) electrons. The van der Waals surface area contributed by atoms with E-state index in [0.717, 1.165) is 11.1 Å². The molecule has 0 heterocycles. The standard InChI is InChI=1S/C23H19NOS/c1-19(26(25)22-15-9-4-10-16-22)17-23(18-24,20-11-5-2-6-12-20)21-13-7-3-8-14-21/h2-16H,1,17H2. The van der Waals surface area contributed by atoms with Crippen LogP contribution in [0.1, 0.15) is 17.5 Å². The first-order valence-corrected chi connectivity index (χ1v) is 9.49. The van der Waals surface area contributed by atoms with E-state index in [1.807, 2.05) is 91.0 Å². The monoisotopic (exact) mass is 357 g/mol. The zero-order valence-electron chi connectivity index (χ0n) is 14.3. The summed E-state index contributed by atoms with van der Waals surface area (Å²) in [5.41, 5.74) is 0.823. The molecule has 128 valence electrons. The van der Waals surface area contributed by atoms with Crippen LogP contribution in [0.4, 0.5) is 0 Å². The van der Waals surface area contributed by atoms with Gasteiger partial charge in [0.25, 0.3) is 0 Å². The molecule has 0 amide bonds. The Labute approximate surface area is 157 Å². The smallest absolute Gasteiger partial charge is 0.158 e. The number of hydrogen-bond donors (Lipinski definition) is 0. The molecule has 0 saturated heterocycles. The van der Waals surface area contributed by atoms with E-state index in [2.05, 4.69) is 12.6 Å². The van der Waals surface area contributed by atoms with Gasteiger partial charge in [-0.05, 0) is 29.8 Å². The summed E-state index contributed by atoms with van der Waals surface area (Å²) >= 11 is -1.37. The Balaban J connectivity index is 2.02. The maximum Gasteiger partial charge on any atom is 0.158 e. The van der Waals surface area contributed by atoms with Gasteiger partial charge in [-0.15, -0.1) is 0 Å². The van der Waals surface area contributed by atoms with Crippen LogP contribution in [-0.4, -0.2) is 4.55 Å². The van der Waals surface area contributed by atoms with Crippen LogP contribution in [0, 0.1) is 11.3 Å². The molecule has 3 aromatic carbocycles. The molecule has 0 aliphatic carbocycles. The molecule has 3 heteroatoms. The second-order valence-corrected chi connectivity index (χ2v) is 7.63. The van der Waals surface area contributed by atoms with Crippen LogP contribution >= 0.6 is 0 Å². The van der Waals surface area contributed by atoms with E-state index in [9.17, 15) is 9.81 Å². The molecular formula is C23H19NOS. The van der Waals surface area contributed by atoms with Gasteiger partial charge in [0.15, 0.2) is 4.90 Å². The van der Waals surface area contributed by atoms with Gasteiger partial charge in [-0.2, -0.15) is 5.26 Å². The van der Waals surface area contributed by atoms with Crippen LogP contribution in [0.2, 0.25) is 0 Å². The van der Waals surface area contributed by atoms with Crippen molar-refractivity contribution in [2.24, 2.45) is 0 Å². The summed E-state index contributed by atoms with van der Waals surface area (Å²) in [6, 6.07) is 31.0. The first kappa shape index (κ1) is 18.0. The van der Waals surface area contributed by atoms with E-state index in [1.54, 1.807) is 0 Å². The van der Waals surface area contributed by atoms with Crippen LogP contribution in [0.15, 0.2) is 107 Å². The van der Waals surface area contributed by atoms with Crippen molar-refractivity contribution >= 4 is 11.2 Å². The molecule has 3 rings (SSSR count). The molecule has 0 spiro atoms. The molecule has 0 N–H and O–H groups in total. The van der Waals surface area contributed by atoms with Gasteiger partial charge in [0, 0.05) is 17.6 Å². The Morgan fingerprint density at radius 1 is 0.846 bits per heavy atom. The molecule has 26 heavy (non-hydrogen) atoms. The Hall–Kier alpha value is -2.80. The predicted octanol–water partition coefficient (Wildman–Crippen LogP) is 5.21. The molecule has 0 aliphatic rings. The summed E-state index contributed by atoms with van der Waals surface area (Å²) in [5, 5.41) is 10.2. The Bertz CT molecular complexity index is 862. The second-order valence-electron chi connectivity index (χ2n) is 6.05. The summed E-state index contributed by atoms with van der Waals surface area (Å²) in [6.45, 7) is 4.06. The summed E-state index contributed by atoms with van der Waals surface area (Å²) in [7, 11) is 0. The highest BCUT2D eigenvalue weighted by atomic mass is 32.2. The minimum atomic E-state index is -1.37. The van der Waals surface area contributed by atoms with Crippen LogP contribution in [0.25, 0.3) is 0 Å². The molecule has 0 aliphatic heterocycles. The van der Waals surface area contributed by atoms with E-state index in [1.165, 1.54) is 0 Å². The van der Waals surface area contributed by atoms with E-state index in [-0.39, 0.29) is 0 Å². The lowest BCUT2D eigenvalue weighted by molar-refractivity contribution is 0.591. The number of rotatable bonds is 6. The van der Waals surface area contributed by atoms with Gasteiger partial charge in [-0.1, -0.05) is 78.9 Å². The normalized spacial score (nSPS) is 12.2. The molecule has 1 unspecified atom stereocenters. The minimum absolute atomic E-state index is 0.291. The Morgan fingerprint density at radius 2 is 1.27 bits per heavy atom. The van der Waals surface area contributed by atoms with Gasteiger partial charge < -0.3 is 4.55 Å². The lowest BCUT2D eigenvalue weighted by Gasteiger charge is -2.28. The summed E-state index contributed by atoms with van der Waals surface area (Å²) in [6.07, 6.45) is 0.291. The van der Waals surface area contributed by atoms with Crippen LogP contribution < -0.4 is 0 Å². The third kappa shape index (κ3) is 3.57. The fraction of sp³-hybridized carbons (Fsp3) is 0.0870. The van der Waals surface area contributed by atoms with Crippen molar-refractivity contribution in [2.75, 3.05) is 0 Å². The van der Waals surface area contributed by atoms with Crippen molar-refractivity contribution in [2.45, 2.75) is 16.7 Å². The summed E-state index contributed by atoms with van der Waals surface area (Å²) in [5.74, 6) is 0. The average Bonchev–Trinajstić information content (AvgIpc) is 2.73. The van der Waals surface area contributed by atoms with Gasteiger partial charge in [0.2, 0.25) is 0 Å². The highest BCUT2D eigenvalue weighted by Crippen LogP contribution is 2.39. The first-order chi connectivity index (χ1) is 12.7. The fourth-order valence-corrected chi connectivity index (χ4v) is 4.14. The fourth-order valence-electron chi connectivity index (χ4n) is 3.06. The maximum absolute atomic E-state index is 12.9. The molecule has 0 fully saturated rings. The lowest BCUT2D eigenvalue weighted by Crippen LogP contribution is -2.28. The third-order valence-electron chi connectivity index (χ3n) is 4.41.